The van der Waals surface area contributed by atoms with Gasteiger partial charge in [-0.05, 0) is 26.1 Å². The molecular weight excluding hydrogens is 214 g/mol. The highest BCUT2D eigenvalue weighted by Crippen LogP contribution is 1.94. The first-order valence-corrected chi connectivity index (χ1v) is 6.62. The van der Waals surface area contributed by atoms with Crippen LogP contribution in [0.4, 0.5) is 0 Å². The van der Waals surface area contributed by atoms with Crippen molar-refractivity contribution in [2.75, 3.05) is 26.2 Å². The molecule has 5 heteroatoms. The molecule has 0 amide bonds. The molecular formula is C12H25N5. The maximum Gasteiger partial charge on any atom is 0.0964 e. The summed E-state index contributed by atoms with van der Waals surface area (Å²) in [6, 6.07) is 0. The number of hydrogen-bond donors (Lipinski definition) is 1. The Bertz CT molecular complexity index is 293. The average molecular weight is 239 g/mol. The predicted molar refractivity (Wildman–Crippen MR) is 69.8 cm³/mol. The van der Waals surface area contributed by atoms with Crippen molar-refractivity contribution >= 4 is 0 Å². The van der Waals surface area contributed by atoms with Crippen molar-refractivity contribution in [3.8, 4) is 0 Å². The second-order valence-corrected chi connectivity index (χ2v) is 4.18. The summed E-state index contributed by atoms with van der Waals surface area (Å²) in [6.45, 7) is 12.5. The van der Waals surface area contributed by atoms with Gasteiger partial charge in [0.25, 0.3) is 0 Å². The van der Waals surface area contributed by atoms with Crippen molar-refractivity contribution in [2.24, 2.45) is 0 Å². The van der Waals surface area contributed by atoms with Gasteiger partial charge in [0.1, 0.15) is 0 Å². The van der Waals surface area contributed by atoms with Crippen LogP contribution in [0.15, 0.2) is 6.20 Å². The Hall–Kier alpha value is -0.940. The lowest BCUT2D eigenvalue weighted by molar-refractivity contribution is 0.284. The highest BCUT2D eigenvalue weighted by molar-refractivity contribution is 4.91. The Morgan fingerprint density at radius 2 is 2.06 bits per heavy atom. The number of hydrogen-bond acceptors (Lipinski definition) is 4. The number of nitrogens with one attached hydrogen (secondary N) is 1. The van der Waals surface area contributed by atoms with Gasteiger partial charge in [-0.25, -0.2) is 0 Å². The van der Waals surface area contributed by atoms with Crippen LogP contribution < -0.4 is 5.32 Å². The highest BCUT2D eigenvalue weighted by atomic mass is 15.4. The van der Waals surface area contributed by atoms with E-state index in [4.69, 9.17) is 0 Å². The minimum Gasteiger partial charge on any atom is -0.311 e. The van der Waals surface area contributed by atoms with E-state index < -0.39 is 0 Å². The molecule has 98 valence electrons. The van der Waals surface area contributed by atoms with Crippen LogP contribution in [-0.4, -0.2) is 46.1 Å². The van der Waals surface area contributed by atoms with Crippen molar-refractivity contribution in [2.45, 2.75) is 40.3 Å². The van der Waals surface area contributed by atoms with E-state index in [9.17, 15) is 0 Å². The Morgan fingerprint density at radius 3 is 2.71 bits per heavy atom. The molecule has 17 heavy (non-hydrogen) atoms. The van der Waals surface area contributed by atoms with Crippen molar-refractivity contribution in [1.29, 1.82) is 0 Å². The van der Waals surface area contributed by atoms with Crippen molar-refractivity contribution in [3.05, 3.63) is 11.9 Å². The minimum atomic E-state index is 0.819. The molecule has 1 aromatic heterocycles. The molecule has 0 radical (unpaired) electrons. The first kappa shape index (κ1) is 14.1. The third kappa shape index (κ3) is 5.28. The van der Waals surface area contributed by atoms with Gasteiger partial charge in [0.2, 0.25) is 0 Å². The van der Waals surface area contributed by atoms with Crippen LogP contribution in [0.5, 0.6) is 0 Å². The molecule has 0 atom stereocenters. The van der Waals surface area contributed by atoms with Crippen LogP contribution in [0.2, 0.25) is 0 Å². The molecule has 0 bridgehead atoms. The van der Waals surface area contributed by atoms with Crippen LogP contribution >= 0.6 is 0 Å². The van der Waals surface area contributed by atoms with Crippen LogP contribution in [0.25, 0.3) is 0 Å². The second kappa shape index (κ2) is 8.20. The molecule has 0 unspecified atom stereocenters. The van der Waals surface area contributed by atoms with Crippen molar-refractivity contribution in [1.82, 2.24) is 25.2 Å². The molecule has 1 aromatic rings. The maximum atomic E-state index is 4.15. The molecule has 0 aliphatic heterocycles. The van der Waals surface area contributed by atoms with E-state index in [2.05, 4.69) is 41.3 Å². The molecule has 0 fully saturated rings. The van der Waals surface area contributed by atoms with Gasteiger partial charge >= 0.3 is 0 Å². The Balaban J connectivity index is 2.30. The molecule has 1 rings (SSSR count). The van der Waals surface area contributed by atoms with E-state index in [1.807, 2.05) is 10.9 Å². The van der Waals surface area contributed by atoms with Gasteiger partial charge in [-0.15, -0.1) is 5.10 Å². The van der Waals surface area contributed by atoms with Gasteiger partial charge in [-0.3, -0.25) is 4.68 Å². The van der Waals surface area contributed by atoms with Crippen molar-refractivity contribution < 1.29 is 0 Å². The van der Waals surface area contributed by atoms with Gasteiger partial charge < -0.3 is 10.2 Å². The third-order valence-electron chi connectivity index (χ3n) is 2.86. The third-order valence-corrected chi connectivity index (χ3v) is 2.86. The number of rotatable bonds is 9. The summed E-state index contributed by atoms with van der Waals surface area (Å²) in [4.78, 5) is 2.39. The predicted octanol–water partition coefficient (Wildman–Crippen LogP) is 1.12. The van der Waals surface area contributed by atoms with E-state index in [0.717, 1.165) is 51.4 Å². The molecule has 0 aliphatic carbocycles. The molecule has 1 N–H and O–H groups in total. The Labute approximate surface area is 104 Å². The Morgan fingerprint density at radius 1 is 1.29 bits per heavy atom. The SMILES string of the molecule is CCCNCc1cn(CCN(CC)CC)nn1. The van der Waals surface area contributed by atoms with Gasteiger partial charge in [-0.2, -0.15) is 0 Å². The normalized spacial score (nSPS) is 11.3. The molecule has 0 aliphatic rings. The number of nitrogens with zero attached hydrogens (tertiary/aromatic N) is 4. The molecule has 0 spiro atoms. The monoisotopic (exact) mass is 239 g/mol. The van der Waals surface area contributed by atoms with E-state index in [1.54, 1.807) is 0 Å². The zero-order chi connectivity index (χ0) is 12.5. The van der Waals surface area contributed by atoms with E-state index in [0.29, 0.717) is 0 Å². The first-order valence-electron chi connectivity index (χ1n) is 6.62. The fraction of sp³-hybridized carbons (Fsp3) is 0.833. The second-order valence-electron chi connectivity index (χ2n) is 4.18. The number of aromatic nitrogens is 3. The van der Waals surface area contributed by atoms with Crippen LogP contribution in [0, 0.1) is 0 Å². The zero-order valence-electron chi connectivity index (χ0n) is 11.3. The first-order chi connectivity index (χ1) is 8.30. The number of likely N-dealkylation sites (N-methyl/N-ethyl adjacent to an activating group) is 1. The molecule has 0 saturated heterocycles. The van der Waals surface area contributed by atoms with Gasteiger partial charge in [0, 0.05) is 19.3 Å². The fourth-order valence-corrected chi connectivity index (χ4v) is 1.71. The average Bonchev–Trinajstić information content (AvgIpc) is 2.79. The summed E-state index contributed by atoms with van der Waals surface area (Å²) in [5.41, 5.74) is 1.03. The smallest absolute Gasteiger partial charge is 0.0964 e. The van der Waals surface area contributed by atoms with E-state index in [-0.39, 0.29) is 0 Å². The minimum absolute atomic E-state index is 0.819. The zero-order valence-corrected chi connectivity index (χ0v) is 11.3. The summed E-state index contributed by atoms with van der Waals surface area (Å²) >= 11 is 0. The van der Waals surface area contributed by atoms with Gasteiger partial charge in [-0.1, -0.05) is 26.0 Å². The van der Waals surface area contributed by atoms with Crippen LogP contribution in [0.3, 0.4) is 0 Å². The summed E-state index contributed by atoms with van der Waals surface area (Å²) in [5.74, 6) is 0. The lowest BCUT2D eigenvalue weighted by atomic mass is 10.4. The highest BCUT2D eigenvalue weighted by Gasteiger charge is 2.02. The topological polar surface area (TPSA) is 46.0 Å². The van der Waals surface area contributed by atoms with Gasteiger partial charge in [0.15, 0.2) is 0 Å². The Kier molecular flexibility index (Phi) is 6.81. The summed E-state index contributed by atoms with van der Waals surface area (Å²) in [7, 11) is 0. The largest absolute Gasteiger partial charge is 0.311 e. The van der Waals surface area contributed by atoms with E-state index in [1.165, 1.54) is 0 Å². The standard InChI is InChI=1S/C12H25N5/c1-4-7-13-10-12-11-17(15-14-12)9-8-16(5-2)6-3/h11,13H,4-10H2,1-3H3. The summed E-state index contributed by atoms with van der Waals surface area (Å²) < 4.78 is 1.93. The quantitative estimate of drug-likeness (QED) is 0.656. The van der Waals surface area contributed by atoms with Gasteiger partial charge in [0.05, 0.1) is 12.2 Å². The fourth-order valence-electron chi connectivity index (χ4n) is 1.71. The van der Waals surface area contributed by atoms with E-state index >= 15 is 0 Å². The summed E-state index contributed by atoms with van der Waals surface area (Å²) in [5, 5.41) is 11.6. The summed E-state index contributed by atoms with van der Waals surface area (Å²) in [6.07, 6.45) is 3.18. The lowest BCUT2D eigenvalue weighted by Gasteiger charge is -2.17. The molecule has 5 nitrogen and oxygen atoms in total. The van der Waals surface area contributed by atoms with Crippen molar-refractivity contribution in [3.63, 3.8) is 0 Å². The molecule has 0 saturated carbocycles. The van der Waals surface area contributed by atoms with Crippen LogP contribution in [-0.2, 0) is 13.1 Å². The lowest BCUT2D eigenvalue weighted by Crippen LogP contribution is -2.27. The molecule has 0 aromatic carbocycles. The maximum absolute atomic E-state index is 4.15. The molecule has 1 heterocycles. The van der Waals surface area contributed by atoms with Crippen LogP contribution in [0.1, 0.15) is 32.9 Å².